The molecule has 1 heterocycles. The van der Waals surface area contributed by atoms with E-state index in [1.165, 1.54) is 19.1 Å². The number of nitrogens with zero attached hydrogens (tertiary/aromatic N) is 3. The summed E-state index contributed by atoms with van der Waals surface area (Å²) in [4.78, 5) is 26.5. The molecule has 1 unspecified atom stereocenters. The number of piperazine rings is 1. The van der Waals surface area contributed by atoms with Crippen LogP contribution in [0.4, 0.5) is 11.4 Å². The van der Waals surface area contributed by atoms with Gasteiger partial charge in [-0.05, 0) is 27.0 Å². The van der Waals surface area contributed by atoms with E-state index in [0.717, 1.165) is 25.3 Å². The van der Waals surface area contributed by atoms with E-state index in [4.69, 9.17) is 0 Å². The molecular weight excluding hydrogens is 258 g/mol. The van der Waals surface area contributed by atoms with Crippen LogP contribution in [0.2, 0.25) is 0 Å². The minimum absolute atomic E-state index is 0.0406. The molecule has 0 aromatic heterocycles. The maximum absolute atomic E-state index is 11.8. The molecule has 0 radical (unpaired) electrons. The predicted octanol–water partition coefficient (Wildman–Crippen LogP) is 1.94. The fraction of sp³-hybridized carbons (Fsp3) is 0.500. The second-order valence-corrected chi connectivity index (χ2v) is 5.29. The zero-order valence-electron chi connectivity index (χ0n) is 12.0. The first-order valence-corrected chi connectivity index (χ1v) is 6.64. The molecule has 1 aliphatic rings. The molecule has 108 valence electrons. The van der Waals surface area contributed by atoms with E-state index in [2.05, 4.69) is 23.8 Å². The molecule has 20 heavy (non-hydrogen) atoms. The highest BCUT2D eigenvalue weighted by molar-refractivity contribution is 6.00. The minimum Gasteiger partial charge on any atom is -0.368 e. The Balaban J connectivity index is 2.36. The average molecular weight is 277 g/mol. The van der Waals surface area contributed by atoms with Gasteiger partial charge in [0, 0.05) is 49.1 Å². The van der Waals surface area contributed by atoms with Crippen LogP contribution in [0.15, 0.2) is 18.2 Å². The van der Waals surface area contributed by atoms with E-state index >= 15 is 0 Å². The molecule has 0 spiro atoms. The van der Waals surface area contributed by atoms with Crippen LogP contribution in [0.5, 0.6) is 0 Å². The molecule has 6 nitrogen and oxygen atoms in total. The highest BCUT2D eigenvalue weighted by Gasteiger charge is 2.24. The van der Waals surface area contributed by atoms with Crippen LogP contribution < -0.4 is 4.90 Å². The lowest BCUT2D eigenvalue weighted by Gasteiger charge is -2.39. The van der Waals surface area contributed by atoms with E-state index in [1.54, 1.807) is 6.07 Å². The number of carbonyl (C=O) groups is 1. The van der Waals surface area contributed by atoms with E-state index < -0.39 is 4.92 Å². The molecule has 1 aliphatic heterocycles. The smallest absolute Gasteiger partial charge is 0.270 e. The molecule has 0 N–H and O–H groups in total. The Labute approximate surface area is 118 Å². The number of nitro groups is 1. The van der Waals surface area contributed by atoms with Crippen molar-refractivity contribution in [3.8, 4) is 0 Å². The highest BCUT2D eigenvalue weighted by atomic mass is 16.6. The van der Waals surface area contributed by atoms with Crippen molar-refractivity contribution >= 4 is 17.2 Å². The zero-order valence-corrected chi connectivity index (χ0v) is 12.0. The number of carbonyl (C=O) groups excluding carboxylic acids is 1. The number of anilines is 1. The second-order valence-electron chi connectivity index (χ2n) is 5.29. The third-order valence-electron chi connectivity index (χ3n) is 3.87. The van der Waals surface area contributed by atoms with Crippen LogP contribution in [0.3, 0.4) is 0 Å². The van der Waals surface area contributed by atoms with Crippen molar-refractivity contribution in [2.45, 2.75) is 19.9 Å². The van der Waals surface area contributed by atoms with Crippen molar-refractivity contribution in [1.82, 2.24) is 4.90 Å². The molecule has 1 aromatic carbocycles. The van der Waals surface area contributed by atoms with E-state index in [1.807, 2.05) is 0 Å². The second kappa shape index (κ2) is 5.58. The first-order valence-electron chi connectivity index (χ1n) is 6.64. The maximum Gasteiger partial charge on any atom is 0.270 e. The zero-order chi connectivity index (χ0) is 14.9. The topological polar surface area (TPSA) is 66.7 Å². The van der Waals surface area contributed by atoms with Crippen LogP contribution in [-0.4, -0.2) is 48.3 Å². The Morgan fingerprint density at radius 1 is 1.40 bits per heavy atom. The lowest BCUT2D eigenvalue weighted by Crippen LogP contribution is -2.50. The van der Waals surface area contributed by atoms with Crippen LogP contribution >= 0.6 is 0 Å². The molecule has 1 aromatic rings. The number of non-ortho nitro benzene ring substituents is 1. The number of ketones is 1. The first-order chi connectivity index (χ1) is 9.40. The van der Waals surface area contributed by atoms with Crippen molar-refractivity contribution in [3.05, 3.63) is 33.9 Å². The lowest BCUT2D eigenvalue weighted by molar-refractivity contribution is -0.384. The van der Waals surface area contributed by atoms with Crippen LogP contribution in [0.25, 0.3) is 0 Å². The predicted molar refractivity (Wildman–Crippen MR) is 77.4 cm³/mol. The van der Waals surface area contributed by atoms with Gasteiger partial charge < -0.3 is 9.80 Å². The molecule has 0 aliphatic carbocycles. The Hall–Kier alpha value is -1.95. The first kappa shape index (κ1) is 14.5. The van der Waals surface area contributed by atoms with E-state index in [9.17, 15) is 14.9 Å². The molecule has 1 saturated heterocycles. The number of benzene rings is 1. The fourth-order valence-electron chi connectivity index (χ4n) is 2.46. The summed E-state index contributed by atoms with van der Waals surface area (Å²) in [5, 5.41) is 10.8. The number of Topliss-reactive ketones (excluding diaryl/α,β-unsaturated/α-hetero) is 1. The van der Waals surface area contributed by atoms with Gasteiger partial charge >= 0.3 is 0 Å². The summed E-state index contributed by atoms with van der Waals surface area (Å²) in [6.07, 6.45) is 0. The SMILES string of the molecule is CC(=O)c1cc([N+](=O)[O-])ccc1N1CCN(C)C(C)C1. The molecule has 1 fully saturated rings. The Bertz CT molecular complexity index is 544. The molecule has 0 saturated carbocycles. The fourth-order valence-corrected chi connectivity index (χ4v) is 2.46. The minimum atomic E-state index is -0.469. The number of likely N-dealkylation sites (N-methyl/N-ethyl adjacent to an activating group) is 1. The van der Waals surface area contributed by atoms with Gasteiger partial charge in [0.2, 0.25) is 0 Å². The Kier molecular flexibility index (Phi) is 4.04. The summed E-state index contributed by atoms with van der Waals surface area (Å²) in [6, 6.07) is 4.91. The van der Waals surface area contributed by atoms with Crippen molar-refractivity contribution < 1.29 is 9.72 Å². The summed E-state index contributed by atoms with van der Waals surface area (Å²) >= 11 is 0. The van der Waals surface area contributed by atoms with Gasteiger partial charge in [0.15, 0.2) is 5.78 Å². The largest absolute Gasteiger partial charge is 0.368 e. The van der Waals surface area contributed by atoms with Crippen LogP contribution in [0.1, 0.15) is 24.2 Å². The summed E-state index contributed by atoms with van der Waals surface area (Å²) in [7, 11) is 2.07. The number of hydrogen-bond donors (Lipinski definition) is 0. The van der Waals surface area contributed by atoms with Gasteiger partial charge in [-0.25, -0.2) is 0 Å². The van der Waals surface area contributed by atoms with Crippen molar-refractivity contribution in [2.75, 3.05) is 31.6 Å². The lowest BCUT2D eigenvalue weighted by atomic mass is 10.1. The molecule has 1 atom stereocenters. The number of nitro benzene ring substituents is 1. The third-order valence-corrected chi connectivity index (χ3v) is 3.87. The van der Waals surface area contributed by atoms with Gasteiger partial charge in [-0.1, -0.05) is 0 Å². The molecule has 0 bridgehead atoms. The van der Waals surface area contributed by atoms with Crippen molar-refractivity contribution in [3.63, 3.8) is 0 Å². The Morgan fingerprint density at radius 3 is 2.65 bits per heavy atom. The molecule has 0 amide bonds. The number of rotatable bonds is 3. The molecule has 6 heteroatoms. The Morgan fingerprint density at radius 2 is 2.10 bits per heavy atom. The monoisotopic (exact) mass is 277 g/mol. The van der Waals surface area contributed by atoms with Gasteiger partial charge in [-0.15, -0.1) is 0 Å². The molecule has 2 rings (SSSR count). The summed E-state index contributed by atoms with van der Waals surface area (Å²) < 4.78 is 0. The van der Waals surface area contributed by atoms with Crippen LogP contribution in [-0.2, 0) is 0 Å². The quantitative estimate of drug-likeness (QED) is 0.480. The van der Waals surface area contributed by atoms with Gasteiger partial charge in [-0.3, -0.25) is 14.9 Å². The number of hydrogen-bond acceptors (Lipinski definition) is 5. The maximum atomic E-state index is 11.8. The summed E-state index contributed by atoms with van der Waals surface area (Å²) in [5.41, 5.74) is 1.18. The van der Waals surface area contributed by atoms with Gasteiger partial charge in [0.25, 0.3) is 5.69 Å². The third kappa shape index (κ3) is 2.80. The van der Waals surface area contributed by atoms with Crippen molar-refractivity contribution in [2.24, 2.45) is 0 Å². The van der Waals surface area contributed by atoms with Crippen molar-refractivity contribution in [1.29, 1.82) is 0 Å². The highest BCUT2D eigenvalue weighted by Crippen LogP contribution is 2.27. The normalized spacial score (nSPS) is 19.9. The molecular formula is C14H19N3O3. The van der Waals surface area contributed by atoms with Gasteiger partial charge in [0.1, 0.15) is 0 Å². The average Bonchev–Trinajstić information content (AvgIpc) is 2.41. The van der Waals surface area contributed by atoms with Crippen LogP contribution in [0, 0.1) is 10.1 Å². The van der Waals surface area contributed by atoms with E-state index in [-0.39, 0.29) is 11.5 Å². The summed E-state index contributed by atoms with van der Waals surface area (Å²) in [6.45, 7) is 6.12. The standard InChI is InChI=1S/C14H19N3O3/c1-10-9-16(7-6-15(10)3)14-5-4-12(17(19)20)8-13(14)11(2)18/h4-5,8,10H,6-7,9H2,1-3H3. The van der Waals surface area contributed by atoms with E-state index in [0.29, 0.717) is 11.6 Å². The van der Waals surface area contributed by atoms with Gasteiger partial charge in [-0.2, -0.15) is 0 Å². The summed E-state index contributed by atoms with van der Waals surface area (Å²) in [5.74, 6) is -0.143. The van der Waals surface area contributed by atoms with Gasteiger partial charge in [0.05, 0.1) is 4.92 Å².